The zero-order valence-corrected chi connectivity index (χ0v) is 8.66. The van der Waals surface area contributed by atoms with Gasteiger partial charge in [-0.05, 0) is 18.2 Å². The van der Waals surface area contributed by atoms with Crippen LogP contribution in [0.1, 0.15) is 11.9 Å². The lowest BCUT2D eigenvalue weighted by molar-refractivity contribution is -0.153. The number of nitrogens with one attached hydrogen (secondary N) is 1. The van der Waals surface area contributed by atoms with Crippen LogP contribution in [0.2, 0.25) is 0 Å². The van der Waals surface area contributed by atoms with Crippen molar-refractivity contribution in [2.75, 3.05) is 5.73 Å². The highest BCUT2D eigenvalue weighted by Crippen LogP contribution is 2.20. The lowest BCUT2D eigenvalue weighted by Gasteiger charge is -2.10. The number of imidazole rings is 1. The fourth-order valence-electron chi connectivity index (χ4n) is 1.47. The number of aliphatic carboxylic acids is 1. The average molecular weight is 237 g/mol. The van der Waals surface area contributed by atoms with E-state index in [1.165, 1.54) is 0 Å². The van der Waals surface area contributed by atoms with Crippen LogP contribution < -0.4 is 5.73 Å². The molecule has 1 heterocycles. The molecule has 1 aromatic carbocycles. The molecule has 0 radical (unpaired) electrons. The van der Waals surface area contributed by atoms with E-state index >= 15 is 0 Å². The zero-order chi connectivity index (χ0) is 12.6. The number of nitrogen functional groups attached to an aromatic ring is 1. The van der Waals surface area contributed by atoms with Gasteiger partial charge < -0.3 is 26.0 Å². The molecule has 2 rings (SSSR count). The third kappa shape index (κ3) is 2.05. The van der Waals surface area contributed by atoms with Crippen molar-refractivity contribution >= 4 is 22.7 Å². The smallest absolute Gasteiger partial charge is 0.335 e. The van der Waals surface area contributed by atoms with E-state index in [0.717, 1.165) is 0 Å². The lowest BCUT2D eigenvalue weighted by atomic mass is 10.2. The standard InChI is InChI=1S/C10H11N3O4/c11-4-1-2-5-6(3-4)13-9(12-5)7(14)8(15)10(16)17/h1-3,7-8,14-15H,11H2,(H,12,13)(H,16,17)/t7-,8-/m1/s1. The molecule has 0 aliphatic carbocycles. The molecule has 0 saturated heterocycles. The molecule has 0 unspecified atom stereocenters. The second-order valence-electron chi connectivity index (χ2n) is 3.63. The van der Waals surface area contributed by atoms with Gasteiger partial charge in [0, 0.05) is 5.69 Å². The highest BCUT2D eigenvalue weighted by molar-refractivity contribution is 5.79. The molecule has 7 heteroatoms. The Bertz CT molecular complexity index is 566. The van der Waals surface area contributed by atoms with Gasteiger partial charge in [0.15, 0.2) is 6.10 Å². The van der Waals surface area contributed by atoms with Crippen LogP contribution in [0.15, 0.2) is 18.2 Å². The number of carboxylic acid groups (broad SMARTS) is 1. The molecule has 0 aliphatic rings. The van der Waals surface area contributed by atoms with E-state index in [9.17, 15) is 15.0 Å². The Morgan fingerprint density at radius 2 is 2.12 bits per heavy atom. The second kappa shape index (κ2) is 4.04. The van der Waals surface area contributed by atoms with E-state index < -0.39 is 18.2 Å². The number of carbonyl (C=O) groups is 1. The van der Waals surface area contributed by atoms with Gasteiger partial charge in [-0.1, -0.05) is 0 Å². The van der Waals surface area contributed by atoms with Crippen LogP contribution in [0.5, 0.6) is 0 Å². The van der Waals surface area contributed by atoms with E-state index in [1.54, 1.807) is 18.2 Å². The summed E-state index contributed by atoms with van der Waals surface area (Å²) in [6, 6.07) is 4.86. The first-order chi connectivity index (χ1) is 7.99. The minimum atomic E-state index is -1.92. The number of nitrogens with two attached hydrogens (primary N) is 1. The molecule has 1 aromatic heterocycles. The molecule has 90 valence electrons. The van der Waals surface area contributed by atoms with Gasteiger partial charge in [0.1, 0.15) is 11.9 Å². The summed E-state index contributed by atoms with van der Waals surface area (Å²) in [5.74, 6) is -1.53. The molecule has 2 aromatic rings. The van der Waals surface area contributed by atoms with E-state index in [1.807, 2.05) is 0 Å². The Morgan fingerprint density at radius 3 is 2.76 bits per heavy atom. The Kier molecular flexibility index (Phi) is 2.70. The van der Waals surface area contributed by atoms with Crippen molar-refractivity contribution in [2.45, 2.75) is 12.2 Å². The normalized spacial score (nSPS) is 14.7. The van der Waals surface area contributed by atoms with Gasteiger partial charge in [-0.3, -0.25) is 0 Å². The maximum Gasteiger partial charge on any atom is 0.335 e. The molecule has 0 spiro atoms. The first-order valence-corrected chi connectivity index (χ1v) is 4.83. The zero-order valence-electron chi connectivity index (χ0n) is 8.66. The second-order valence-corrected chi connectivity index (χ2v) is 3.63. The number of nitrogens with zero attached hydrogens (tertiary/aromatic N) is 1. The van der Waals surface area contributed by atoms with Crippen LogP contribution in [0.3, 0.4) is 0 Å². The fraction of sp³-hybridized carbons (Fsp3) is 0.200. The number of rotatable bonds is 3. The summed E-state index contributed by atoms with van der Waals surface area (Å²) in [4.78, 5) is 17.2. The number of benzene rings is 1. The van der Waals surface area contributed by atoms with Crippen molar-refractivity contribution in [3.63, 3.8) is 0 Å². The van der Waals surface area contributed by atoms with E-state index in [0.29, 0.717) is 16.7 Å². The van der Waals surface area contributed by atoms with Gasteiger partial charge in [0.05, 0.1) is 11.0 Å². The fourth-order valence-corrected chi connectivity index (χ4v) is 1.47. The number of aromatic amines is 1. The number of aromatic nitrogens is 2. The lowest BCUT2D eigenvalue weighted by Crippen LogP contribution is -2.28. The molecule has 2 atom stereocenters. The number of aliphatic hydroxyl groups is 2. The summed E-state index contributed by atoms with van der Waals surface area (Å²) >= 11 is 0. The largest absolute Gasteiger partial charge is 0.479 e. The summed E-state index contributed by atoms with van der Waals surface area (Å²) in [6.07, 6.45) is -3.53. The number of fused-ring (bicyclic) bond motifs is 1. The predicted octanol–water partition coefficient (Wildman–Crippen LogP) is -0.376. The molecule has 0 amide bonds. The van der Waals surface area contributed by atoms with Crippen molar-refractivity contribution < 1.29 is 20.1 Å². The van der Waals surface area contributed by atoms with Gasteiger partial charge in [-0.2, -0.15) is 0 Å². The number of H-pyrrole nitrogens is 1. The van der Waals surface area contributed by atoms with Crippen LogP contribution in [0.25, 0.3) is 11.0 Å². The Hall–Kier alpha value is -2.12. The quantitative estimate of drug-likeness (QED) is 0.462. The Balaban J connectivity index is 2.39. The average Bonchev–Trinajstić information content (AvgIpc) is 2.69. The van der Waals surface area contributed by atoms with E-state index in [4.69, 9.17) is 10.8 Å². The molecular formula is C10H11N3O4. The summed E-state index contributed by atoms with van der Waals surface area (Å²) in [7, 11) is 0. The number of hydrogen-bond acceptors (Lipinski definition) is 5. The number of anilines is 1. The van der Waals surface area contributed by atoms with Crippen LogP contribution in [0.4, 0.5) is 5.69 Å². The minimum absolute atomic E-state index is 0.0134. The van der Waals surface area contributed by atoms with Crippen LogP contribution in [0, 0.1) is 0 Å². The van der Waals surface area contributed by atoms with Crippen LogP contribution >= 0.6 is 0 Å². The van der Waals surface area contributed by atoms with Crippen molar-refractivity contribution in [3.8, 4) is 0 Å². The molecule has 0 bridgehead atoms. The molecule has 0 fully saturated rings. The summed E-state index contributed by atoms with van der Waals surface area (Å²) in [6.45, 7) is 0. The van der Waals surface area contributed by atoms with Gasteiger partial charge in [0.2, 0.25) is 0 Å². The van der Waals surface area contributed by atoms with Crippen molar-refractivity contribution in [1.29, 1.82) is 0 Å². The molecule has 6 N–H and O–H groups in total. The minimum Gasteiger partial charge on any atom is -0.479 e. The summed E-state index contributed by atoms with van der Waals surface area (Å²) in [5.41, 5.74) is 7.18. The van der Waals surface area contributed by atoms with Gasteiger partial charge in [-0.15, -0.1) is 0 Å². The Morgan fingerprint density at radius 1 is 1.41 bits per heavy atom. The van der Waals surface area contributed by atoms with Crippen LogP contribution in [-0.2, 0) is 4.79 Å². The third-order valence-electron chi connectivity index (χ3n) is 2.36. The maximum absolute atomic E-state index is 10.5. The van der Waals surface area contributed by atoms with Gasteiger partial charge >= 0.3 is 5.97 Å². The van der Waals surface area contributed by atoms with Crippen LogP contribution in [-0.4, -0.2) is 37.4 Å². The molecular weight excluding hydrogens is 226 g/mol. The maximum atomic E-state index is 10.5. The molecule has 0 saturated carbocycles. The van der Waals surface area contributed by atoms with Crippen molar-refractivity contribution in [1.82, 2.24) is 9.97 Å². The predicted molar refractivity (Wildman–Crippen MR) is 59.1 cm³/mol. The number of aliphatic hydroxyl groups excluding tert-OH is 2. The van der Waals surface area contributed by atoms with E-state index in [2.05, 4.69) is 9.97 Å². The van der Waals surface area contributed by atoms with Gasteiger partial charge in [0.25, 0.3) is 0 Å². The SMILES string of the molecule is Nc1ccc2nc([C@H](O)[C@@H](O)C(=O)O)[nH]c2c1. The van der Waals surface area contributed by atoms with Gasteiger partial charge in [-0.25, -0.2) is 9.78 Å². The molecule has 17 heavy (non-hydrogen) atoms. The highest BCUT2D eigenvalue weighted by atomic mass is 16.4. The van der Waals surface area contributed by atoms with Crippen molar-refractivity contribution in [3.05, 3.63) is 24.0 Å². The summed E-state index contributed by atoms with van der Waals surface area (Å²) in [5, 5.41) is 27.3. The first kappa shape index (κ1) is 11.4. The monoisotopic (exact) mass is 237 g/mol. The topological polar surface area (TPSA) is 132 Å². The number of carboxylic acids is 1. The highest BCUT2D eigenvalue weighted by Gasteiger charge is 2.27. The number of hydrogen-bond donors (Lipinski definition) is 5. The Labute approximate surface area is 95.5 Å². The third-order valence-corrected chi connectivity index (χ3v) is 2.36. The summed E-state index contributed by atoms with van der Waals surface area (Å²) < 4.78 is 0. The van der Waals surface area contributed by atoms with Crippen molar-refractivity contribution in [2.24, 2.45) is 0 Å². The molecule has 7 nitrogen and oxygen atoms in total. The van der Waals surface area contributed by atoms with E-state index in [-0.39, 0.29) is 5.82 Å². The molecule has 0 aliphatic heterocycles. The first-order valence-electron chi connectivity index (χ1n) is 4.83.